The van der Waals surface area contributed by atoms with Crippen molar-refractivity contribution in [3.05, 3.63) is 35.9 Å². The smallest absolute Gasteiger partial charge is 0.407 e. The zero-order valence-corrected chi connectivity index (χ0v) is 65.8. The highest BCUT2D eigenvalue weighted by Gasteiger charge is 2.44. The number of benzene rings is 1. The van der Waals surface area contributed by atoms with Crippen LogP contribution in [-0.4, -0.2) is 278 Å². The van der Waals surface area contributed by atoms with Crippen LogP contribution in [0.4, 0.5) is 4.79 Å². The molecule has 11 N–H and O–H groups in total. The van der Waals surface area contributed by atoms with Crippen molar-refractivity contribution >= 4 is 83.0 Å². The van der Waals surface area contributed by atoms with Gasteiger partial charge >= 0.3 is 18.0 Å². The van der Waals surface area contributed by atoms with Crippen LogP contribution in [0.15, 0.2) is 30.3 Å². The second-order valence-electron chi connectivity index (χ2n) is 28.9. The van der Waals surface area contributed by atoms with E-state index in [1.165, 1.54) is 28.3 Å². The van der Waals surface area contributed by atoms with Crippen molar-refractivity contribution in [1.29, 1.82) is 0 Å². The van der Waals surface area contributed by atoms with E-state index in [-0.39, 0.29) is 118 Å². The molecule has 0 radical (unpaired) electrons. The van der Waals surface area contributed by atoms with Gasteiger partial charge in [0, 0.05) is 86.8 Å². The van der Waals surface area contributed by atoms with Crippen LogP contribution in [0.1, 0.15) is 140 Å². The summed E-state index contributed by atoms with van der Waals surface area (Å²) in [4.78, 5) is 190. The van der Waals surface area contributed by atoms with Crippen LogP contribution in [-0.2, 0) is 97.2 Å². The summed E-state index contributed by atoms with van der Waals surface area (Å²) in [5.41, 5.74) is 0.675. The number of carboxylic acids is 1. The summed E-state index contributed by atoms with van der Waals surface area (Å²) in [5, 5.41) is 35.1. The number of aliphatic carboxylic acids is 1. The number of hydrogen-bond acceptors (Lipinski definition) is 21. The molecular weight excluding hydrogens is 1390 g/mol. The maximum absolute atomic E-state index is 14.6. The number of esters is 1. The molecule has 0 aliphatic carbocycles. The maximum Gasteiger partial charge on any atom is 0.407 e. The number of methoxy groups -OCH3 is 3. The minimum atomic E-state index is -1.78. The number of nitrogens with zero attached hydrogens (tertiary/aromatic N) is 3. The summed E-state index contributed by atoms with van der Waals surface area (Å²) in [6.07, 6.45) is -2.21. The van der Waals surface area contributed by atoms with Crippen LogP contribution < -0.4 is 53.2 Å². The van der Waals surface area contributed by atoms with Gasteiger partial charge in [-0.05, 0) is 69.0 Å². The number of carboxylic acid groups (broad SMARTS) is 1. The molecule has 1 aliphatic heterocycles. The number of likely N-dealkylation sites (tertiary alicyclic amines) is 1. The van der Waals surface area contributed by atoms with E-state index >= 15 is 0 Å². The third-order valence-corrected chi connectivity index (χ3v) is 17.9. The number of carbonyl (C=O) groups is 14. The molecular formula is C73H123N13O21. The second kappa shape index (κ2) is 49.4. The fourth-order valence-corrected chi connectivity index (χ4v) is 12.0. The minimum absolute atomic E-state index is 0.00964. The number of carbonyl (C=O) groups excluding carboxylic acids is 13. The Kier molecular flexibility index (Phi) is 43.6. The predicted molar refractivity (Wildman–Crippen MR) is 394 cm³/mol. The zero-order chi connectivity index (χ0) is 80.7. The second-order valence-corrected chi connectivity index (χ2v) is 28.9. The van der Waals surface area contributed by atoms with Crippen LogP contribution in [0, 0.1) is 29.1 Å². The molecule has 1 fully saturated rings. The largest absolute Gasteiger partial charge is 0.480 e. The SMILES string of the molecule is CC[C@H](C)[C@@H]([C@@H](CC(=O)N1CCC[C@H]1[C@H](OC)[C@@H](C)C(=O)N[C@@H](Cc1ccccc1)C(=O)NCCCOC(=O)C(C)NC(=O)CC(NC(=O)CCNC(=O)OCC(NC(=O)CNC(=O)CCNC(=O)CCOCC(C)(C)C)C(=O)NCCOC)C(=O)O)OC)N(C)C(=O)[C@@H](NC(=O)[C@H](C(C)C)N(C)C)C(C)C. The number of ether oxygens (including phenoxy) is 6. The molecule has 606 valence electrons. The van der Waals surface area contributed by atoms with Crippen LogP contribution in [0.5, 0.6) is 0 Å². The molecule has 12 amide bonds. The van der Waals surface area contributed by atoms with Gasteiger partial charge in [0.25, 0.3) is 0 Å². The van der Waals surface area contributed by atoms with Gasteiger partial charge in [-0.2, -0.15) is 0 Å². The molecule has 34 nitrogen and oxygen atoms in total. The first-order chi connectivity index (χ1) is 50.4. The summed E-state index contributed by atoms with van der Waals surface area (Å²) in [7, 11) is 9.67. The average molecular weight is 1520 g/mol. The number of likely N-dealkylation sites (N-methyl/N-ethyl adjacent to an activating group) is 2. The number of nitrogens with one attached hydrogen (secondary N) is 10. The quantitative estimate of drug-likeness (QED) is 0.0309. The van der Waals surface area contributed by atoms with Gasteiger partial charge in [-0.15, -0.1) is 0 Å². The van der Waals surface area contributed by atoms with Crippen LogP contribution in [0.25, 0.3) is 0 Å². The van der Waals surface area contributed by atoms with E-state index in [0.29, 0.717) is 32.4 Å². The lowest BCUT2D eigenvalue weighted by molar-refractivity contribution is -0.148. The molecule has 2 rings (SSSR count). The van der Waals surface area contributed by atoms with Crippen molar-refractivity contribution in [3.63, 3.8) is 0 Å². The van der Waals surface area contributed by atoms with Crippen molar-refractivity contribution in [2.24, 2.45) is 29.1 Å². The summed E-state index contributed by atoms with van der Waals surface area (Å²) in [5.74, 6) is -10.0. The fraction of sp³-hybridized carbons (Fsp3) is 0.726. The lowest BCUT2D eigenvalue weighted by Gasteiger charge is -2.41. The topological polar surface area (TPSA) is 445 Å². The highest BCUT2D eigenvalue weighted by molar-refractivity contribution is 5.93. The fourth-order valence-electron chi connectivity index (χ4n) is 12.0. The van der Waals surface area contributed by atoms with Gasteiger partial charge in [-0.1, -0.05) is 106 Å². The van der Waals surface area contributed by atoms with Crippen molar-refractivity contribution in [2.45, 2.75) is 201 Å². The normalized spacial score (nSPS) is 16.0. The Hall–Kier alpha value is -8.60. The first-order valence-corrected chi connectivity index (χ1v) is 36.7. The van der Waals surface area contributed by atoms with Crippen molar-refractivity contribution in [1.82, 2.24) is 67.9 Å². The molecule has 107 heavy (non-hydrogen) atoms. The lowest BCUT2D eigenvalue weighted by atomic mass is 9.89. The van der Waals surface area contributed by atoms with Gasteiger partial charge in [0.15, 0.2) is 0 Å². The van der Waals surface area contributed by atoms with Gasteiger partial charge in [-0.3, -0.25) is 57.6 Å². The third kappa shape index (κ3) is 35.3. The Bertz CT molecular complexity index is 3020. The van der Waals surface area contributed by atoms with E-state index in [9.17, 15) is 72.2 Å². The molecule has 0 saturated carbocycles. The monoisotopic (exact) mass is 1520 g/mol. The Labute approximate surface area is 629 Å². The van der Waals surface area contributed by atoms with E-state index in [1.54, 1.807) is 54.1 Å². The summed E-state index contributed by atoms with van der Waals surface area (Å²) in [6, 6.07) is 0.946. The van der Waals surface area contributed by atoms with Crippen molar-refractivity contribution < 1.29 is 101 Å². The molecule has 3 unspecified atom stereocenters. The molecule has 1 aromatic rings. The number of amides is 12. The maximum atomic E-state index is 14.6. The predicted octanol–water partition coefficient (Wildman–Crippen LogP) is 0.314. The van der Waals surface area contributed by atoms with Gasteiger partial charge in [-0.25, -0.2) is 14.4 Å². The van der Waals surface area contributed by atoms with Gasteiger partial charge in [0.1, 0.15) is 36.8 Å². The van der Waals surface area contributed by atoms with Crippen LogP contribution in [0.2, 0.25) is 0 Å². The first kappa shape index (κ1) is 94.5. The summed E-state index contributed by atoms with van der Waals surface area (Å²) in [6.45, 7) is 19.8. The van der Waals surface area contributed by atoms with Crippen LogP contribution >= 0.6 is 0 Å². The Morgan fingerprint density at radius 2 is 1.24 bits per heavy atom. The zero-order valence-electron chi connectivity index (χ0n) is 65.8. The van der Waals surface area contributed by atoms with Gasteiger partial charge in [0.05, 0.1) is 82.1 Å². The highest BCUT2D eigenvalue weighted by Crippen LogP contribution is 2.30. The van der Waals surface area contributed by atoms with Gasteiger partial charge in [0.2, 0.25) is 65.0 Å². The molecule has 0 aromatic heterocycles. The minimum Gasteiger partial charge on any atom is -0.480 e. The van der Waals surface area contributed by atoms with Crippen molar-refractivity contribution in [3.8, 4) is 0 Å². The standard InChI is InChI=1S/C73H123N13O21/c1-18-46(6)63(85(14)69(97)61(44(2)3)83-68(96)62(45(4)5)84(12)13)54(103-16)40-60(92)86-34-22-26-53(86)64(104-17)47(7)65(93)82-50(38-49-24-20-19-21-25-49)66(94)75-30-23-35-106-71(100)48(8)79-58(90)39-51(70(98)99)80-57(89)28-32-77-72(101)107-42-52(67(95)76-33-37-102-15)81-59(91)41-78-55(87)27-31-74-56(88)29-36-105-43-73(9,10)11/h19-21,24-25,44-48,50-54,61-64H,18,22-23,26-43H2,1-17H3,(H,74,88)(H,75,94)(H,76,95)(H,77,101)(H,78,87)(H,79,90)(H,80,89)(H,81,91)(H,82,93)(H,83,96)(H,98,99)/t46-,47+,48?,50-,51?,52?,53-,54+,61-,62-,63-,64+/m0/s1. The Morgan fingerprint density at radius 1 is 0.617 bits per heavy atom. The van der Waals surface area contributed by atoms with E-state index in [1.807, 2.05) is 81.3 Å². The van der Waals surface area contributed by atoms with E-state index in [4.69, 9.17) is 28.4 Å². The summed E-state index contributed by atoms with van der Waals surface area (Å²) < 4.78 is 32.9. The molecule has 12 atom stereocenters. The third-order valence-electron chi connectivity index (χ3n) is 17.9. The molecule has 0 bridgehead atoms. The van der Waals surface area contributed by atoms with Gasteiger partial charge < -0.3 is 96.5 Å². The average Bonchev–Trinajstić information content (AvgIpc) is 1.79. The molecule has 0 spiro atoms. The van der Waals surface area contributed by atoms with E-state index in [0.717, 1.165) is 5.56 Å². The Morgan fingerprint density at radius 3 is 1.84 bits per heavy atom. The van der Waals surface area contributed by atoms with Crippen molar-refractivity contribution in [2.75, 3.05) is 115 Å². The van der Waals surface area contributed by atoms with Crippen LogP contribution in [0.3, 0.4) is 0 Å². The molecule has 34 heteroatoms. The first-order valence-electron chi connectivity index (χ1n) is 36.7. The molecule has 1 aliphatic rings. The molecule has 1 saturated heterocycles. The highest BCUT2D eigenvalue weighted by atomic mass is 16.6. The number of rotatable bonds is 50. The number of alkyl carbamates (subject to hydrolysis) is 1. The Balaban J connectivity index is 1.98. The van der Waals surface area contributed by atoms with E-state index in [2.05, 4.69) is 53.2 Å². The summed E-state index contributed by atoms with van der Waals surface area (Å²) >= 11 is 0. The molecule has 1 heterocycles. The lowest BCUT2D eigenvalue weighted by Crippen LogP contribution is -2.59. The number of hydrogen-bond donors (Lipinski definition) is 11. The molecule has 1 aromatic carbocycles. The van der Waals surface area contributed by atoms with E-state index < -0.39 is 158 Å².